The van der Waals surface area contributed by atoms with Crippen molar-refractivity contribution >= 4 is 11.0 Å². The highest BCUT2D eigenvalue weighted by atomic mass is 16.5. The molecule has 1 atom stereocenters. The van der Waals surface area contributed by atoms with Gasteiger partial charge in [-0.05, 0) is 50.1 Å². The zero-order valence-corrected chi connectivity index (χ0v) is 18.3. The van der Waals surface area contributed by atoms with Crippen LogP contribution >= 0.6 is 0 Å². The normalized spacial score (nSPS) is 16.2. The molecule has 0 bridgehead atoms. The third kappa shape index (κ3) is 4.92. The van der Waals surface area contributed by atoms with Crippen molar-refractivity contribution in [3.05, 3.63) is 69.6 Å². The summed E-state index contributed by atoms with van der Waals surface area (Å²) in [5.41, 5.74) is 3.30. The first-order valence-corrected chi connectivity index (χ1v) is 10.6. The van der Waals surface area contributed by atoms with Gasteiger partial charge in [-0.2, -0.15) is 0 Å². The molecule has 1 fully saturated rings. The molecule has 6 heteroatoms. The average molecular weight is 424 g/mol. The van der Waals surface area contributed by atoms with Gasteiger partial charge in [-0.25, -0.2) is 0 Å². The van der Waals surface area contributed by atoms with Gasteiger partial charge in [0.25, 0.3) is 0 Å². The molecule has 0 unspecified atom stereocenters. The number of ether oxygens (including phenoxy) is 3. The van der Waals surface area contributed by atoms with E-state index in [9.17, 15) is 4.79 Å². The van der Waals surface area contributed by atoms with Gasteiger partial charge in [0.2, 0.25) is 0 Å². The molecular formula is C25H29NO5. The Balaban J connectivity index is 1.65. The van der Waals surface area contributed by atoms with Gasteiger partial charge in [0.05, 0.1) is 32.0 Å². The number of aryl methyl sites for hydroxylation is 1. The van der Waals surface area contributed by atoms with Crippen LogP contribution in [-0.2, 0) is 17.8 Å². The van der Waals surface area contributed by atoms with Gasteiger partial charge in [-0.15, -0.1) is 0 Å². The molecule has 3 aromatic rings. The van der Waals surface area contributed by atoms with Crippen LogP contribution in [0.25, 0.3) is 11.0 Å². The molecule has 0 spiro atoms. The summed E-state index contributed by atoms with van der Waals surface area (Å²) in [6, 6.07) is 11.5. The van der Waals surface area contributed by atoms with E-state index in [-0.39, 0.29) is 11.5 Å². The van der Waals surface area contributed by atoms with Crippen LogP contribution < -0.4 is 14.9 Å². The second-order valence-corrected chi connectivity index (χ2v) is 8.07. The maximum absolute atomic E-state index is 13.2. The number of rotatable bonds is 8. The zero-order valence-electron chi connectivity index (χ0n) is 18.3. The Hall–Kier alpha value is -2.83. The first-order valence-electron chi connectivity index (χ1n) is 10.6. The van der Waals surface area contributed by atoms with Crippen LogP contribution in [0.4, 0.5) is 0 Å². The predicted molar refractivity (Wildman–Crippen MR) is 120 cm³/mol. The quantitative estimate of drug-likeness (QED) is 0.538. The van der Waals surface area contributed by atoms with Crippen molar-refractivity contribution in [3.8, 4) is 11.5 Å². The Morgan fingerprint density at radius 3 is 2.65 bits per heavy atom. The van der Waals surface area contributed by atoms with E-state index in [1.54, 1.807) is 20.5 Å². The first kappa shape index (κ1) is 21.4. The fourth-order valence-corrected chi connectivity index (χ4v) is 4.14. The van der Waals surface area contributed by atoms with Crippen LogP contribution in [0.2, 0.25) is 0 Å². The molecule has 164 valence electrons. The monoisotopic (exact) mass is 423 g/mol. The SMILES string of the molecule is COc1ccc(OC)c(CN(Cc2coc3ccc(C)cc3c2=O)C[C@H]2CCCO2)c1. The highest BCUT2D eigenvalue weighted by molar-refractivity contribution is 5.77. The lowest BCUT2D eigenvalue weighted by Gasteiger charge is -2.26. The van der Waals surface area contributed by atoms with E-state index in [0.717, 1.165) is 48.6 Å². The highest BCUT2D eigenvalue weighted by Gasteiger charge is 2.22. The maximum Gasteiger partial charge on any atom is 0.197 e. The molecule has 0 aliphatic carbocycles. The van der Waals surface area contributed by atoms with E-state index in [0.29, 0.717) is 29.6 Å². The molecule has 1 aromatic heterocycles. The first-order chi connectivity index (χ1) is 15.1. The summed E-state index contributed by atoms with van der Waals surface area (Å²) in [4.78, 5) is 15.4. The molecule has 0 amide bonds. The summed E-state index contributed by atoms with van der Waals surface area (Å²) in [7, 11) is 3.31. The molecule has 2 heterocycles. The van der Waals surface area contributed by atoms with E-state index in [1.165, 1.54) is 0 Å². The summed E-state index contributed by atoms with van der Waals surface area (Å²) in [6.07, 6.45) is 3.84. The Kier molecular flexibility index (Phi) is 6.59. The van der Waals surface area contributed by atoms with Crippen LogP contribution in [-0.4, -0.2) is 38.4 Å². The van der Waals surface area contributed by atoms with E-state index in [2.05, 4.69) is 4.90 Å². The number of methoxy groups -OCH3 is 2. The number of nitrogens with zero attached hydrogens (tertiary/aromatic N) is 1. The van der Waals surface area contributed by atoms with Gasteiger partial charge >= 0.3 is 0 Å². The summed E-state index contributed by atoms with van der Waals surface area (Å²) < 4.78 is 22.6. The van der Waals surface area contributed by atoms with E-state index < -0.39 is 0 Å². The van der Waals surface area contributed by atoms with Gasteiger partial charge in [0, 0.05) is 37.4 Å². The summed E-state index contributed by atoms with van der Waals surface area (Å²) in [5, 5.41) is 0.619. The summed E-state index contributed by atoms with van der Waals surface area (Å²) >= 11 is 0. The summed E-state index contributed by atoms with van der Waals surface area (Å²) in [5.74, 6) is 1.56. The van der Waals surface area contributed by atoms with Crippen molar-refractivity contribution in [2.24, 2.45) is 0 Å². The van der Waals surface area contributed by atoms with Crippen molar-refractivity contribution in [2.45, 2.75) is 39.0 Å². The Labute approximate surface area is 182 Å². The molecule has 0 radical (unpaired) electrons. The third-order valence-corrected chi connectivity index (χ3v) is 5.76. The van der Waals surface area contributed by atoms with Gasteiger partial charge in [0.1, 0.15) is 17.1 Å². The molecule has 0 N–H and O–H groups in total. The molecule has 6 nitrogen and oxygen atoms in total. The van der Waals surface area contributed by atoms with Crippen LogP contribution in [0.3, 0.4) is 0 Å². The van der Waals surface area contributed by atoms with Crippen LogP contribution in [0, 0.1) is 6.92 Å². The standard InChI is InChI=1S/C25H29NO5/c1-17-6-8-24-22(11-17)25(27)19(16-31-24)14-26(15-21-5-4-10-30-21)13-18-12-20(28-2)7-9-23(18)29-3/h6-9,11-12,16,21H,4-5,10,13-15H2,1-3H3/t21-/m1/s1. The molecule has 31 heavy (non-hydrogen) atoms. The number of benzene rings is 2. The number of fused-ring (bicyclic) bond motifs is 1. The Morgan fingerprint density at radius 2 is 1.90 bits per heavy atom. The van der Waals surface area contributed by atoms with Crippen molar-refractivity contribution in [1.82, 2.24) is 4.90 Å². The van der Waals surface area contributed by atoms with Gasteiger partial charge < -0.3 is 18.6 Å². The maximum atomic E-state index is 13.2. The fourth-order valence-electron chi connectivity index (χ4n) is 4.14. The van der Waals surface area contributed by atoms with E-state index >= 15 is 0 Å². The van der Waals surface area contributed by atoms with E-state index in [1.807, 2.05) is 43.3 Å². The van der Waals surface area contributed by atoms with Crippen molar-refractivity contribution in [3.63, 3.8) is 0 Å². The highest BCUT2D eigenvalue weighted by Crippen LogP contribution is 2.27. The predicted octanol–water partition coefficient (Wildman–Crippen LogP) is 4.30. The zero-order chi connectivity index (χ0) is 21.8. The molecule has 2 aromatic carbocycles. The lowest BCUT2D eigenvalue weighted by molar-refractivity contribution is 0.0673. The molecule has 1 aliphatic heterocycles. The minimum atomic E-state index is 0.0138. The number of hydrogen-bond acceptors (Lipinski definition) is 6. The minimum absolute atomic E-state index is 0.0138. The lowest BCUT2D eigenvalue weighted by Crippen LogP contribution is -2.33. The molecule has 1 aliphatic rings. The van der Waals surface area contributed by atoms with Gasteiger partial charge in [-0.1, -0.05) is 11.6 Å². The van der Waals surface area contributed by atoms with Gasteiger partial charge in [-0.3, -0.25) is 9.69 Å². The second kappa shape index (κ2) is 9.54. The average Bonchev–Trinajstić information content (AvgIpc) is 3.29. The Morgan fingerprint density at radius 1 is 1.06 bits per heavy atom. The lowest BCUT2D eigenvalue weighted by atomic mass is 10.1. The van der Waals surface area contributed by atoms with Crippen LogP contribution in [0.1, 0.15) is 29.5 Å². The molecule has 1 saturated heterocycles. The van der Waals surface area contributed by atoms with Crippen molar-refractivity contribution in [1.29, 1.82) is 0 Å². The molecule has 0 saturated carbocycles. The Bertz CT molecular complexity index is 1100. The van der Waals surface area contributed by atoms with E-state index in [4.69, 9.17) is 18.6 Å². The van der Waals surface area contributed by atoms with Crippen LogP contribution in [0.15, 0.2) is 51.9 Å². The largest absolute Gasteiger partial charge is 0.497 e. The minimum Gasteiger partial charge on any atom is -0.497 e. The van der Waals surface area contributed by atoms with Crippen molar-refractivity contribution in [2.75, 3.05) is 27.4 Å². The second-order valence-electron chi connectivity index (χ2n) is 8.07. The van der Waals surface area contributed by atoms with Gasteiger partial charge in [0.15, 0.2) is 5.43 Å². The molecule has 4 rings (SSSR count). The molecular weight excluding hydrogens is 394 g/mol. The van der Waals surface area contributed by atoms with Crippen molar-refractivity contribution < 1.29 is 18.6 Å². The number of hydrogen-bond donors (Lipinski definition) is 0. The third-order valence-electron chi connectivity index (χ3n) is 5.76. The fraction of sp³-hybridized carbons (Fsp3) is 0.400. The smallest absolute Gasteiger partial charge is 0.197 e. The topological polar surface area (TPSA) is 61.1 Å². The van der Waals surface area contributed by atoms with Crippen LogP contribution in [0.5, 0.6) is 11.5 Å². The summed E-state index contributed by atoms with van der Waals surface area (Å²) in [6.45, 7) is 4.56.